The van der Waals surface area contributed by atoms with Crippen molar-refractivity contribution in [1.29, 1.82) is 0 Å². The summed E-state index contributed by atoms with van der Waals surface area (Å²) in [6.07, 6.45) is -1.45. The molecule has 0 spiro atoms. The van der Waals surface area contributed by atoms with Crippen molar-refractivity contribution in [3.63, 3.8) is 0 Å². The number of nitro groups is 1. The quantitative estimate of drug-likeness (QED) is 0.573. The predicted octanol–water partition coefficient (Wildman–Crippen LogP) is 4.59. The first kappa shape index (κ1) is 21.5. The lowest BCUT2D eigenvalue weighted by Gasteiger charge is -2.24. The third kappa shape index (κ3) is 4.19. The maximum Gasteiger partial charge on any atom is 0.433 e. The van der Waals surface area contributed by atoms with E-state index in [1.54, 1.807) is 0 Å². The number of alkyl halides is 3. The van der Waals surface area contributed by atoms with Crippen molar-refractivity contribution in [1.82, 2.24) is 9.97 Å². The number of para-hydroxylation sites is 1. The number of nitrogens with zero attached hydrogens (tertiary/aromatic N) is 4. The van der Waals surface area contributed by atoms with Crippen LogP contribution >= 0.6 is 0 Å². The van der Waals surface area contributed by atoms with Crippen molar-refractivity contribution in [3.05, 3.63) is 50.8 Å². The second-order valence-corrected chi connectivity index (χ2v) is 7.08. The molecule has 2 amide bonds. The zero-order valence-corrected chi connectivity index (χ0v) is 16.2. The number of fused-ring (bicyclic) bond motifs is 1. The molecular formula is C19H20F3N5O3. The fraction of sp³-hybridized carbons (Fsp3) is 0.421. The van der Waals surface area contributed by atoms with E-state index >= 15 is 0 Å². The standard InChI is InChI=1S/C19H20F3N5O3/c1-11-7-6-10-14(27(29)30)15(11)26(17(23)28)18-24-13-9-5-3-2-4-8-12(13)16(25-18)19(20,21)22/h6-7,10H,2-5,8-9H2,1H3,(H2,23,28). The number of nitro benzene ring substituents is 1. The Labute approximate surface area is 170 Å². The third-order valence-electron chi connectivity index (χ3n) is 5.00. The highest BCUT2D eigenvalue weighted by atomic mass is 19.4. The summed E-state index contributed by atoms with van der Waals surface area (Å²) >= 11 is 0. The average Bonchev–Trinajstić information content (AvgIpc) is 2.62. The van der Waals surface area contributed by atoms with Crippen LogP contribution < -0.4 is 10.6 Å². The van der Waals surface area contributed by atoms with Crippen molar-refractivity contribution in [2.75, 3.05) is 4.90 Å². The van der Waals surface area contributed by atoms with Crippen LogP contribution in [0.15, 0.2) is 18.2 Å². The highest BCUT2D eigenvalue weighted by Crippen LogP contribution is 2.39. The van der Waals surface area contributed by atoms with Crippen molar-refractivity contribution in [2.45, 2.75) is 51.6 Å². The first-order valence-corrected chi connectivity index (χ1v) is 9.41. The summed E-state index contributed by atoms with van der Waals surface area (Å²) in [7, 11) is 0. The number of halogens is 3. The zero-order chi connectivity index (χ0) is 22.1. The van der Waals surface area contributed by atoms with Crippen LogP contribution in [0, 0.1) is 17.0 Å². The van der Waals surface area contributed by atoms with Crippen LogP contribution in [0.5, 0.6) is 0 Å². The highest BCUT2D eigenvalue weighted by Gasteiger charge is 2.39. The number of urea groups is 1. The fourth-order valence-corrected chi connectivity index (χ4v) is 3.66. The fourth-order valence-electron chi connectivity index (χ4n) is 3.66. The summed E-state index contributed by atoms with van der Waals surface area (Å²) in [5, 5.41) is 11.5. The van der Waals surface area contributed by atoms with E-state index in [1.165, 1.54) is 19.1 Å². The molecule has 0 fully saturated rings. The Morgan fingerprint density at radius 3 is 2.43 bits per heavy atom. The SMILES string of the molecule is Cc1cccc([N+](=O)[O-])c1N(C(N)=O)c1nc2c(c(C(F)(F)F)n1)CCCCCC2. The van der Waals surface area contributed by atoms with E-state index in [4.69, 9.17) is 5.73 Å². The van der Waals surface area contributed by atoms with Gasteiger partial charge in [0.1, 0.15) is 5.69 Å². The van der Waals surface area contributed by atoms with Gasteiger partial charge >= 0.3 is 12.2 Å². The van der Waals surface area contributed by atoms with Crippen LogP contribution in [0.25, 0.3) is 0 Å². The van der Waals surface area contributed by atoms with Crippen LogP contribution in [-0.4, -0.2) is 20.9 Å². The Morgan fingerprint density at radius 1 is 1.17 bits per heavy atom. The number of rotatable bonds is 3. The minimum Gasteiger partial charge on any atom is -0.351 e. The Kier molecular flexibility index (Phi) is 5.90. The number of carbonyl (C=O) groups excluding carboxylic acids is 1. The minimum absolute atomic E-state index is 0.00894. The Morgan fingerprint density at radius 2 is 1.83 bits per heavy atom. The van der Waals surface area contributed by atoms with E-state index in [1.807, 2.05) is 0 Å². The molecule has 0 aliphatic heterocycles. The molecule has 0 saturated heterocycles. The molecule has 11 heteroatoms. The molecule has 3 rings (SSSR count). The van der Waals surface area contributed by atoms with Gasteiger partial charge in [0.2, 0.25) is 5.95 Å². The molecule has 8 nitrogen and oxygen atoms in total. The number of nitrogens with two attached hydrogens (primary N) is 1. The van der Waals surface area contributed by atoms with Gasteiger partial charge in [0.15, 0.2) is 5.69 Å². The summed E-state index contributed by atoms with van der Waals surface area (Å²) in [5.41, 5.74) is 4.03. The Bertz CT molecular complexity index is 994. The van der Waals surface area contributed by atoms with Gasteiger partial charge in [-0.05, 0) is 38.2 Å². The van der Waals surface area contributed by atoms with Crippen LogP contribution in [-0.2, 0) is 19.0 Å². The maximum absolute atomic E-state index is 13.8. The molecule has 2 aromatic rings. The smallest absolute Gasteiger partial charge is 0.351 e. The average molecular weight is 423 g/mol. The Balaban J connectivity index is 2.28. The number of hydrogen-bond acceptors (Lipinski definition) is 5. The number of aromatic nitrogens is 2. The van der Waals surface area contributed by atoms with Gasteiger partial charge < -0.3 is 5.73 Å². The summed E-state index contributed by atoms with van der Waals surface area (Å²) < 4.78 is 41.4. The molecule has 2 N–H and O–H groups in total. The lowest BCUT2D eigenvalue weighted by atomic mass is 9.95. The predicted molar refractivity (Wildman–Crippen MR) is 102 cm³/mol. The van der Waals surface area contributed by atoms with E-state index in [2.05, 4.69) is 9.97 Å². The second-order valence-electron chi connectivity index (χ2n) is 7.08. The van der Waals surface area contributed by atoms with Gasteiger partial charge in [-0.15, -0.1) is 0 Å². The van der Waals surface area contributed by atoms with Gasteiger partial charge in [-0.25, -0.2) is 19.7 Å². The number of hydrogen-bond donors (Lipinski definition) is 1. The zero-order valence-electron chi connectivity index (χ0n) is 16.2. The number of primary amides is 1. The molecule has 0 saturated carbocycles. The molecule has 0 bridgehead atoms. The lowest BCUT2D eigenvalue weighted by Crippen LogP contribution is -2.35. The number of benzene rings is 1. The molecule has 30 heavy (non-hydrogen) atoms. The van der Waals surface area contributed by atoms with Gasteiger partial charge in [-0.2, -0.15) is 13.2 Å². The van der Waals surface area contributed by atoms with Gasteiger partial charge in [-0.1, -0.05) is 25.0 Å². The normalized spacial score (nSPS) is 14.4. The molecule has 1 heterocycles. The van der Waals surface area contributed by atoms with Crippen molar-refractivity contribution in [2.24, 2.45) is 5.73 Å². The van der Waals surface area contributed by atoms with Gasteiger partial charge in [0.25, 0.3) is 5.69 Å². The van der Waals surface area contributed by atoms with Crippen molar-refractivity contribution < 1.29 is 22.9 Å². The second kappa shape index (κ2) is 8.25. The molecule has 1 aliphatic carbocycles. The molecule has 160 valence electrons. The first-order valence-electron chi connectivity index (χ1n) is 9.41. The van der Waals surface area contributed by atoms with Crippen LogP contribution in [0.3, 0.4) is 0 Å². The van der Waals surface area contributed by atoms with E-state index in [0.29, 0.717) is 17.7 Å². The molecule has 0 radical (unpaired) electrons. The van der Waals surface area contributed by atoms with E-state index in [9.17, 15) is 28.1 Å². The van der Waals surface area contributed by atoms with Crippen molar-refractivity contribution >= 4 is 23.4 Å². The molecular weight excluding hydrogens is 403 g/mol. The largest absolute Gasteiger partial charge is 0.433 e. The van der Waals surface area contributed by atoms with Crippen LogP contribution in [0.4, 0.5) is 35.3 Å². The number of carbonyl (C=O) groups is 1. The summed E-state index contributed by atoms with van der Waals surface area (Å²) in [4.78, 5) is 31.4. The van der Waals surface area contributed by atoms with Crippen LogP contribution in [0.1, 0.15) is 48.2 Å². The number of amides is 2. The molecule has 0 unspecified atom stereocenters. The van der Waals surface area contributed by atoms with E-state index < -0.39 is 34.5 Å². The topological polar surface area (TPSA) is 115 Å². The maximum atomic E-state index is 13.8. The number of aryl methyl sites for hydroxylation is 2. The van der Waals surface area contributed by atoms with Gasteiger partial charge in [-0.3, -0.25) is 10.1 Å². The first-order chi connectivity index (χ1) is 14.1. The van der Waals surface area contributed by atoms with Gasteiger partial charge in [0, 0.05) is 17.3 Å². The summed E-state index contributed by atoms with van der Waals surface area (Å²) in [6, 6.07) is 2.80. The molecule has 1 aromatic heterocycles. The van der Waals surface area contributed by atoms with E-state index in [0.717, 1.165) is 18.9 Å². The monoisotopic (exact) mass is 423 g/mol. The molecule has 1 aliphatic rings. The molecule has 0 atom stereocenters. The van der Waals surface area contributed by atoms with Gasteiger partial charge in [0.05, 0.1) is 4.92 Å². The van der Waals surface area contributed by atoms with Crippen LogP contribution in [0.2, 0.25) is 0 Å². The summed E-state index contributed by atoms with van der Waals surface area (Å²) in [6.45, 7) is 1.48. The summed E-state index contributed by atoms with van der Waals surface area (Å²) in [5.74, 6) is -0.619. The Hall–Kier alpha value is -3.24. The number of anilines is 2. The third-order valence-corrected chi connectivity index (χ3v) is 5.00. The molecule has 1 aromatic carbocycles. The lowest BCUT2D eigenvalue weighted by molar-refractivity contribution is -0.384. The minimum atomic E-state index is -4.78. The highest BCUT2D eigenvalue weighted by molar-refractivity contribution is 5.99. The van der Waals surface area contributed by atoms with Crippen molar-refractivity contribution in [3.8, 4) is 0 Å². The van der Waals surface area contributed by atoms with E-state index in [-0.39, 0.29) is 35.3 Å².